The van der Waals surface area contributed by atoms with Gasteiger partial charge in [0.1, 0.15) is 0 Å². The Kier molecular flexibility index (Phi) is 6.37. The molecule has 0 saturated heterocycles. The predicted molar refractivity (Wildman–Crippen MR) is 69.7 cm³/mol. The van der Waals surface area contributed by atoms with Crippen molar-refractivity contribution in [2.75, 3.05) is 13.7 Å². The van der Waals surface area contributed by atoms with E-state index < -0.39 is 0 Å². The molecule has 1 aliphatic carbocycles. The molecule has 1 fully saturated rings. The molecule has 0 heterocycles. The summed E-state index contributed by atoms with van der Waals surface area (Å²) in [4.78, 5) is 0. The van der Waals surface area contributed by atoms with E-state index in [0.29, 0.717) is 12.1 Å². The Morgan fingerprint density at radius 2 is 2.06 bits per heavy atom. The molecule has 1 rings (SSSR count). The van der Waals surface area contributed by atoms with Crippen LogP contribution in [0.1, 0.15) is 52.9 Å². The molecule has 96 valence electrons. The Hall–Kier alpha value is -0.0800. The second kappa shape index (κ2) is 7.29. The lowest BCUT2D eigenvalue weighted by atomic mass is 9.78. The molecule has 0 radical (unpaired) electrons. The van der Waals surface area contributed by atoms with Crippen molar-refractivity contribution in [3.8, 4) is 0 Å². The highest BCUT2D eigenvalue weighted by atomic mass is 16.5. The zero-order valence-electron chi connectivity index (χ0n) is 11.5. The molecule has 0 amide bonds. The third kappa shape index (κ3) is 4.84. The van der Waals surface area contributed by atoms with Crippen LogP contribution in [0.5, 0.6) is 0 Å². The van der Waals surface area contributed by atoms with Crippen molar-refractivity contribution in [1.29, 1.82) is 0 Å². The average molecular weight is 227 g/mol. The first-order valence-electron chi connectivity index (χ1n) is 6.92. The summed E-state index contributed by atoms with van der Waals surface area (Å²) >= 11 is 0. The van der Waals surface area contributed by atoms with Crippen molar-refractivity contribution in [3.05, 3.63) is 0 Å². The molecule has 0 bridgehead atoms. The van der Waals surface area contributed by atoms with Crippen LogP contribution in [0.4, 0.5) is 0 Å². The van der Waals surface area contributed by atoms with Crippen molar-refractivity contribution in [2.45, 2.75) is 65.0 Å². The SMILES string of the molecule is CNC(CCOC(C)C)C1CCCC(C)C1. The van der Waals surface area contributed by atoms with Gasteiger partial charge in [0, 0.05) is 12.6 Å². The number of ether oxygens (including phenoxy) is 1. The van der Waals surface area contributed by atoms with E-state index in [1.807, 2.05) is 0 Å². The van der Waals surface area contributed by atoms with Gasteiger partial charge >= 0.3 is 0 Å². The molecule has 3 unspecified atom stereocenters. The van der Waals surface area contributed by atoms with Gasteiger partial charge in [-0.15, -0.1) is 0 Å². The zero-order chi connectivity index (χ0) is 12.0. The van der Waals surface area contributed by atoms with Crippen LogP contribution in [-0.2, 0) is 4.74 Å². The van der Waals surface area contributed by atoms with Gasteiger partial charge in [-0.3, -0.25) is 0 Å². The van der Waals surface area contributed by atoms with Gasteiger partial charge in [-0.25, -0.2) is 0 Å². The average Bonchev–Trinajstić information content (AvgIpc) is 2.24. The minimum Gasteiger partial charge on any atom is -0.379 e. The molecule has 0 spiro atoms. The van der Waals surface area contributed by atoms with Crippen LogP contribution in [-0.4, -0.2) is 25.8 Å². The lowest BCUT2D eigenvalue weighted by Crippen LogP contribution is -2.37. The largest absolute Gasteiger partial charge is 0.379 e. The summed E-state index contributed by atoms with van der Waals surface area (Å²) in [7, 11) is 2.10. The number of nitrogens with one attached hydrogen (secondary N) is 1. The Balaban J connectivity index is 2.28. The van der Waals surface area contributed by atoms with Gasteiger partial charge in [0.05, 0.1) is 6.10 Å². The fourth-order valence-electron chi connectivity index (χ4n) is 2.89. The van der Waals surface area contributed by atoms with E-state index in [1.165, 1.54) is 25.7 Å². The minimum atomic E-state index is 0.364. The van der Waals surface area contributed by atoms with E-state index in [0.717, 1.165) is 24.9 Å². The quantitative estimate of drug-likeness (QED) is 0.752. The second-order valence-electron chi connectivity index (χ2n) is 5.64. The van der Waals surface area contributed by atoms with E-state index in [1.54, 1.807) is 0 Å². The predicted octanol–water partition coefficient (Wildman–Crippen LogP) is 3.22. The van der Waals surface area contributed by atoms with E-state index in [-0.39, 0.29) is 0 Å². The molecule has 3 atom stereocenters. The summed E-state index contributed by atoms with van der Waals surface area (Å²) < 4.78 is 5.65. The number of hydrogen-bond acceptors (Lipinski definition) is 2. The third-order valence-corrected chi connectivity index (χ3v) is 3.80. The summed E-state index contributed by atoms with van der Waals surface area (Å²) in [5, 5.41) is 3.49. The van der Waals surface area contributed by atoms with Gasteiger partial charge in [-0.05, 0) is 52.0 Å². The Morgan fingerprint density at radius 1 is 1.31 bits per heavy atom. The highest BCUT2D eigenvalue weighted by Crippen LogP contribution is 2.31. The molecule has 16 heavy (non-hydrogen) atoms. The van der Waals surface area contributed by atoms with Gasteiger partial charge in [0.2, 0.25) is 0 Å². The number of rotatable bonds is 6. The summed E-state index contributed by atoms with van der Waals surface area (Å²) in [5.41, 5.74) is 0. The van der Waals surface area contributed by atoms with E-state index in [2.05, 4.69) is 33.1 Å². The van der Waals surface area contributed by atoms with Crippen molar-refractivity contribution in [2.24, 2.45) is 11.8 Å². The Labute approximate surface area is 101 Å². The van der Waals surface area contributed by atoms with Crippen LogP contribution in [0.15, 0.2) is 0 Å². The van der Waals surface area contributed by atoms with Gasteiger partial charge in [0.15, 0.2) is 0 Å². The Morgan fingerprint density at radius 3 is 2.62 bits per heavy atom. The van der Waals surface area contributed by atoms with Crippen LogP contribution in [0.25, 0.3) is 0 Å². The maximum Gasteiger partial charge on any atom is 0.0518 e. The highest BCUT2D eigenvalue weighted by molar-refractivity contribution is 4.80. The van der Waals surface area contributed by atoms with Crippen molar-refractivity contribution in [1.82, 2.24) is 5.32 Å². The van der Waals surface area contributed by atoms with Crippen molar-refractivity contribution < 1.29 is 4.74 Å². The maximum absolute atomic E-state index is 5.65. The monoisotopic (exact) mass is 227 g/mol. The van der Waals surface area contributed by atoms with Gasteiger partial charge in [0.25, 0.3) is 0 Å². The smallest absolute Gasteiger partial charge is 0.0518 e. The fourth-order valence-corrected chi connectivity index (χ4v) is 2.89. The van der Waals surface area contributed by atoms with Crippen LogP contribution >= 0.6 is 0 Å². The molecule has 0 aliphatic heterocycles. The zero-order valence-corrected chi connectivity index (χ0v) is 11.5. The summed E-state index contributed by atoms with van der Waals surface area (Å²) in [5.74, 6) is 1.78. The molecule has 1 aliphatic rings. The first kappa shape index (κ1) is 14.0. The summed E-state index contributed by atoms with van der Waals surface area (Å²) in [6, 6.07) is 0.654. The molecule has 0 aromatic heterocycles. The fraction of sp³-hybridized carbons (Fsp3) is 1.00. The van der Waals surface area contributed by atoms with Crippen molar-refractivity contribution >= 4 is 0 Å². The first-order valence-corrected chi connectivity index (χ1v) is 6.92. The lowest BCUT2D eigenvalue weighted by molar-refractivity contribution is 0.0642. The van der Waals surface area contributed by atoms with E-state index >= 15 is 0 Å². The van der Waals surface area contributed by atoms with Gasteiger partial charge < -0.3 is 10.1 Å². The molecule has 0 aromatic carbocycles. The molecule has 1 N–H and O–H groups in total. The summed E-state index contributed by atoms with van der Waals surface area (Å²) in [6.07, 6.45) is 7.16. The standard InChI is InChI=1S/C14H29NO/c1-11(2)16-9-8-14(15-4)13-7-5-6-12(3)10-13/h11-15H,5-10H2,1-4H3. The number of hydrogen-bond donors (Lipinski definition) is 1. The van der Waals surface area contributed by atoms with E-state index in [4.69, 9.17) is 4.74 Å². The normalized spacial score (nSPS) is 28.3. The second-order valence-corrected chi connectivity index (χ2v) is 5.64. The van der Waals surface area contributed by atoms with Crippen LogP contribution < -0.4 is 5.32 Å². The molecule has 2 nitrogen and oxygen atoms in total. The molecular formula is C14H29NO. The highest BCUT2D eigenvalue weighted by Gasteiger charge is 2.25. The van der Waals surface area contributed by atoms with Gasteiger partial charge in [-0.1, -0.05) is 19.8 Å². The van der Waals surface area contributed by atoms with Crippen LogP contribution in [0.3, 0.4) is 0 Å². The van der Waals surface area contributed by atoms with E-state index in [9.17, 15) is 0 Å². The maximum atomic E-state index is 5.65. The molecule has 1 saturated carbocycles. The van der Waals surface area contributed by atoms with Gasteiger partial charge in [-0.2, -0.15) is 0 Å². The van der Waals surface area contributed by atoms with Crippen molar-refractivity contribution in [3.63, 3.8) is 0 Å². The molecule has 0 aromatic rings. The third-order valence-electron chi connectivity index (χ3n) is 3.80. The topological polar surface area (TPSA) is 21.3 Å². The van der Waals surface area contributed by atoms with Crippen LogP contribution in [0, 0.1) is 11.8 Å². The Bertz CT molecular complexity index is 182. The first-order chi connectivity index (χ1) is 7.63. The molecule has 2 heteroatoms. The summed E-state index contributed by atoms with van der Waals surface area (Å²) in [6.45, 7) is 7.51. The lowest BCUT2D eigenvalue weighted by Gasteiger charge is -2.33. The van der Waals surface area contributed by atoms with Crippen LogP contribution in [0.2, 0.25) is 0 Å². The molecular weight excluding hydrogens is 198 g/mol. The minimum absolute atomic E-state index is 0.364.